The molecule has 0 amide bonds. The van der Waals surface area contributed by atoms with Crippen molar-refractivity contribution < 1.29 is 27.6 Å². The Hall–Kier alpha value is -2.29. The van der Waals surface area contributed by atoms with Crippen molar-refractivity contribution in [3.05, 3.63) is 70.2 Å². The highest BCUT2D eigenvalue weighted by Gasteiger charge is 2.40. The van der Waals surface area contributed by atoms with Crippen LogP contribution in [0.4, 0.5) is 0 Å². The van der Waals surface area contributed by atoms with Gasteiger partial charge in [-0.2, -0.15) is 0 Å². The van der Waals surface area contributed by atoms with Gasteiger partial charge in [0.1, 0.15) is 23.7 Å². The number of benzene rings is 2. The van der Waals surface area contributed by atoms with E-state index in [0.717, 1.165) is 35.4 Å². The molecule has 1 atom stereocenters. The summed E-state index contributed by atoms with van der Waals surface area (Å²) >= 11 is 7.45. The highest BCUT2D eigenvalue weighted by atomic mass is 35.5. The lowest BCUT2D eigenvalue weighted by Crippen LogP contribution is -2.26. The van der Waals surface area contributed by atoms with E-state index in [1.54, 1.807) is 25.3 Å². The average Bonchev–Trinajstić information content (AvgIpc) is 3.76. The summed E-state index contributed by atoms with van der Waals surface area (Å²) < 4.78 is 45.9. The molecule has 0 N–H and O–H groups in total. The highest BCUT2D eigenvalue weighted by Crippen LogP contribution is 2.54. The lowest BCUT2D eigenvalue weighted by Gasteiger charge is -2.26. The Balaban J connectivity index is 1.31. The topological polar surface area (TPSA) is 98.1 Å². The summed E-state index contributed by atoms with van der Waals surface area (Å²) in [6, 6.07) is 16.4. The molecule has 1 fully saturated rings. The van der Waals surface area contributed by atoms with Crippen LogP contribution in [0.2, 0.25) is 56.4 Å². The van der Waals surface area contributed by atoms with Crippen LogP contribution in [0.25, 0.3) is 26.3 Å². The number of aromatic nitrogens is 2. The van der Waals surface area contributed by atoms with Crippen LogP contribution in [-0.4, -0.2) is 58.7 Å². The largest absolute Gasteiger partial charge is 0.493 e. The number of phosphoric acid groups is 1. The molecule has 1 saturated carbocycles. The van der Waals surface area contributed by atoms with Gasteiger partial charge in [0.05, 0.1) is 31.5 Å². The fraction of sp³-hybridized carbons (Fsp3) is 0.471. The van der Waals surface area contributed by atoms with Crippen molar-refractivity contribution in [2.75, 3.05) is 26.9 Å². The van der Waals surface area contributed by atoms with Crippen molar-refractivity contribution in [2.45, 2.75) is 70.3 Å². The van der Waals surface area contributed by atoms with Gasteiger partial charge in [0.25, 0.3) is 5.56 Å². The van der Waals surface area contributed by atoms with Crippen molar-refractivity contribution in [3.63, 3.8) is 0 Å². The molecule has 48 heavy (non-hydrogen) atoms. The molecule has 14 heteroatoms. The van der Waals surface area contributed by atoms with E-state index >= 15 is 0 Å². The van der Waals surface area contributed by atoms with E-state index in [0.29, 0.717) is 45.6 Å². The minimum absolute atomic E-state index is 0.148. The first-order chi connectivity index (χ1) is 22.6. The molecule has 1 aliphatic carbocycles. The predicted molar refractivity (Wildman–Crippen MR) is 201 cm³/mol. The maximum atomic E-state index is 13.9. The van der Waals surface area contributed by atoms with Crippen LogP contribution >= 0.6 is 30.8 Å². The van der Waals surface area contributed by atoms with Gasteiger partial charge in [0.2, 0.25) is 0 Å². The molecule has 4 aromatic rings. The summed E-state index contributed by atoms with van der Waals surface area (Å²) in [7, 11) is -5.09. The zero-order chi connectivity index (χ0) is 34.7. The van der Waals surface area contributed by atoms with E-state index in [-0.39, 0.29) is 18.1 Å². The summed E-state index contributed by atoms with van der Waals surface area (Å²) in [4.78, 5) is 19.1. The summed E-state index contributed by atoms with van der Waals surface area (Å²) in [5.74, 6) is 1.13. The second-order valence-electron chi connectivity index (χ2n) is 14.6. The number of hydrogen-bond donors (Lipinski definition) is 0. The predicted octanol–water partition coefficient (Wildman–Crippen LogP) is 9.77. The first-order valence-electron chi connectivity index (χ1n) is 16.3. The fourth-order valence-electron chi connectivity index (χ4n) is 4.86. The molecule has 2 aromatic carbocycles. The highest BCUT2D eigenvalue weighted by molar-refractivity contribution is 7.48. The Morgan fingerprint density at radius 3 is 2.19 bits per heavy atom. The van der Waals surface area contributed by atoms with Gasteiger partial charge in [-0.05, 0) is 66.7 Å². The minimum Gasteiger partial charge on any atom is -0.493 e. The van der Waals surface area contributed by atoms with E-state index in [2.05, 4.69) is 44.3 Å². The first kappa shape index (κ1) is 37.0. The Kier molecular flexibility index (Phi) is 11.8. The molecule has 0 bridgehead atoms. The Labute approximate surface area is 294 Å². The van der Waals surface area contributed by atoms with E-state index in [1.807, 2.05) is 30.3 Å². The maximum Gasteiger partial charge on any atom is 0.475 e. The summed E-state index contributed by atoms with van der Waals surface area (Å²) in [5, 5.41) is 0.654. The smallest absolute Gasteiger partial charge is 0.475 e. The number of halogens is 1. The van der Waals surface area contributed by atoms with E-state index in [4.69, 9.17) is 34.6 Å². The van der Waals surface area contributed by atoms with Gasteiger partial charge < -0.3 is 9.47 Å². The maximum absolute atomic E-state index is 13.9. The zero-order valence-electron chi connectivity index (χ0n) is 28.8. The van der Waals surface area contributed by atoms with Crippen molar-refractivity contribution in [1.82, 2.24) is 9.55 Å². The molecule has 1 aliphatic rings. The van der Waals surface area contributed by atoms with Crippen LogP contribution < -0.4 is 15.0 Å². The van der Waals surface area contributed by atoms with Gasteiger partial charge >= 0.3 is 7.82 Å². The van der Waals surface area contributed by atoms with Gasteiger partial charge in [-0.3, -0.25) is 22.9 Å². The van der Waals surface area contributed by atoms with Crippen LogP contribution in [0.5, 0.6) is 11.5 Å². The second-order valence-corrected chi connectivity index (χ2v) is 29.0. The summed E-state index contributed by atoms with van der Waals surface area (Å²) in [6.45, 7) is 14.3. The molecule has 0 radical (unpaired) electrons. The normalized spacial score (nSPS) is 14.8. The molecular formula is C34H46ClN2O7PSSi2. The van der Waals surface area contributed by atoms with Crippen LogP contribution in [0.15, 0.2) is 59.7 Å². The Morgan fingerprint density at radius 1 is 0.958 bits per heavy atom. The standard InChI is InChI=1S/C34H46ClN2O7PSSi2/c1-40-30-20-27(37-23-36-28-21-32(46-33(28)34(37)38)25-10-12-26(35)13-11-25)14-15-29(30)41-22-31(24-8-9-24)44-45(39,42-16-18-47(2,3)4)43-17-19-48(5,6)7/h10-15,20-21,23-24,31H,8-9,16-19,22H2,1-7H3. The number of methoxy groups -OCH3 is 1. The molecule has 260 valence electrons. The van der Waals surface area contributed by atoms with Crippen molar-refractivity contribution in [3.8, 4) is 27.6 Å². The van der Waals surface area contributed by atoms with Gasteiger partial charge in [-0.25, -0.2) is 9.55 Å². The lowest BCUT2D eigenvalue weighted by atomic mass is 10.2. The van der Waals surface area contributed by atoms with Crippen LogP contribution in [0.3, 0.4) is 0 Å². The third-order valence-electron chi connectivity index (χ3n) is 8.01. The van der Waals surface area contributed by atoms with Crippen molar-refractivity contribution in [2.24, 2.45) is 5.92 Å². The monoisotopic (exact) mass is 748 g/mol. The molecular weight excluding hydrogens is 703 g/mol. The fourth-order valence-corrected chi connectivity index (χ4v) is 9.20. The number of nitrogens with zero attached hydrogens (tertiary/aromatic N) is 2. The number of fused-ring (bicyclic) bond motifs is 1. The second kappa shape index (κ2) is 15.3. The molecule has 0 saturated heterocycles. The summed E-state index contributed by atoms with van der Waals surface area (Å²) in [6.07, 6.45) is 2.96. The molecule has 0 spiro atoms. The molecule has 2 aromatic heterocycles. The van der Waals surface area contributed by atoms with E-state index < -0.39 is 30.1 Å². The van der Waals surface area contributed by atoms with Crippen molar-refractivity contribution >= 4 is 57.1 Å². The third kappa shape index (κ3) is 10.1. The van der Waals surface area contributed by atoms with Gasteiger partial charge in [-0.1, -0.05) is 63.0 Å². The first-order valence-corrected chi connectivity index (χ1v) is 26.4. The van der Waals surface area contributed by atoms with Crippen LogP contribution in [0, 0.1) is 5.92 Å². The van der Waals surface area contributed by atoms with Crippen LogP contribution in [0.1, 0.15) is 12.8 Å². The van der Waals surface area contributed by atoms with E-state index in [1.165, 1.54) is 22.2 Å². The SMILES string of the molecule is COc1cc(-n2cnc3cc(-c4ccc(Cl)cc4)sc3c2=O)ccc1OCC(OP(=O)(OCC[Si](C)(C)C)OCC[Si](C)(C)C)C1CC1. The average molecular weight is 749 g/mol. The summed E-state index contributed by atoms with van der Waals surface area (Å²) in [5.41, 5.74) is 2.02. The van der Waals surface area contributed by atoms with E-state index in [9.17, 15) is 9.36 Å². The molecule has 2 heterocycles. The molecule has 0 aliphatic heterocycles. The number of phosphoric ester groups is 1. The number of rotatable bonds is 17. The quantitative estimate of drug-likeness (QED) is 0.0778. The van der Waals surface area contributed by atoms with Crippen LogP contribution in [-0.2, 0) is 18.1 Å². The lowest BCUT2D eigenvalue weighted by molar-refractivity contribution is 0.0468. The van der Waals surface area contributed by atoms with Gasteiger partial charge in [0, 0.05) is 32.1 Å². The Morgan fingerprint density at radius 2 is 1.60 bits per heavy atom. The number of hydrogen-bond acceptors (Lipinski definition) is 9. The van der Waals surface area contributed by atoms with Gasteiger partial charge in [-0.15, -0.1) is 11.3 Å². The molecule has 9 nitrogen and oxygen atoms in total. The Bertz CT molecular complexity index is 1790. The minimum atomic E-state index is -3.81. The number of ether oxygens (including phenoxy) is 2. The zero-order valence-corrected chi connectivity index (χ0v) is 33.3. The van der Waals surface area contributed by atoms with Gasteiger partial charge in [0.15, 0.2) is 11.5 Å². The molecule has 5 rings (SSSR count). The molecule has 1 unspecified atom stereocenters. The number of thiophene rings is 1. The van der Waals surface area contributed by atoms with Crippen molar-refractivity contribution in [1.29, 1.82) is 0 Å². The third-order valence-corrected chi connectivity index (χ3v) is 14.4.